The number of rotatable bonds is 8. The van der Waals surface area contributed by atoms with Crippen molar-refractivity contribution in [2.24, 2.45) is 0 Å². The minimum absolute atomic E-state index is 0.240. The Morgan fingerprint density at radius 2 is 1.84 bits per heavy atom. The molecule has 1 aromatic heterocycles. The van der Waals surface area contributed by atoms with Gasteiger partial charge in [-0.3, -0.25) is 9.10 Å². The van der Waals surface area contributed by atoms with Crippen LogP contribution in [0.4, 0.5) is 10.7 Å². The number of amides is 1. The second-order valence-electron chi connectivity index (χ2n) is 7.44. The molecule has 1 heterocycles. The monoisotopic (exact) mass is 464 g/mol. The van der Waals surface area contributed by atoms with Gasteiger partial charge in [0.2, 0.25) is 15.9 Å². The van der Waals surface area contributed by atoms with Crippen LogP contribution in [-0.4, -0.2) is 39.2 Å². The first-order valence-electron chi connectivity index (χ1n) is 10.4. The molecule has 1 N–H and O–H groups in total. The topological polar surface area (TPSA) is 92.8 Å². The van der Waals surface area contributed by atoms with E-state index in [1.807, 2.05) is 0 Å². The van der Waals surface area contributed by atoms with E-state index in [1.54, 1.807) is 44.2 Å². The summed E-state index contributed by atoms with van der Waals surface area (Å²) in [6.07, 6.45) is 5.01. The molecule has 168 valence electrons. The molecule has 9 heteroatoms. The smallest absolute Gasteiger partial charge is 0.341 e. The molecule has 1 aliphatic carbocycles. The molecular weight excluding hydrogens is 436 g/mol. The fourth-order valence-corrected chi connectivity index (χ4v) is 6.40. The number of carbonyl (C=O) groups excluding carboxylic acids is 2. The fraction of sp³-hybridized carbons (Fsp3) is 0.455. The maximum Gasteiger partial charge on any atom is 0.341 e. The van der Waals surface area contributed by atoms with Gasteiger partial charge in [0, 0.05) is 4.88 Å². The number of nitrogens with one attached hydrogen (secondary N) is 1. The Bertz CT molecular complexity index is 1050. The van der Waals surface area contributed by atoms with Crippen LogP contribution >= 0.6 is 11.3 Å². The highest BCUT2D eigenvalue weighted by Gasteiger charge is 2.34. The third kappa shape index (κ3) is 5.10. The lowest BCUT2D eigenvalue weighted by atomic mass is 9.95. The predicted octanol–water partition coefficient (Wildman–Crippen LogP) is 3.99. The van der Waals surface area contributed by atoms with E-state index in [4.69, 9.17) is 4.74 Å². The number of anilines is 2. The molecule has 1 aliphatic rings. The number of hydrogen-bond acceptors (Lipinski definition) is 6. The van der Waals surface area contributed by atoms with Gasteiger partial charge in [-0.25, -0.2) is 13.2 Å². The highest BCUT2D eigenvalue weighted by molar-refractivity contribution is 7.92. The minimum Gasteiger partial charge on any atom is -0.462 e. The van der Waals surface area contributed by atoms with E-state index in [0.717, 1.165) is 46.7 Å². The average Bonchev–Trinajstić information content (AvgIpc) is 3.09. The molecule has 0 radical (unpaired) electrons. The van der Waals surface area contributed by atoms with Crippen LogP contribution in [0.1, 0.15) is 53.9 Å². The van der Waals surface area contributed by atoms with Crippen LogP contribution in [0.5, 0.6) is 0 Å². The van der Waals surface area contributed by atoms with Crippen molar-refractivity contribution in [2.45, 2.75) is 52.0 Å². The molecule has 31 heavy (non-hydrogen) atoms. The summed E-state index contributed by atoms with van der Waals surface area (Å²) in [6.45, 7) is 3.74. The normalized spacial score (nSPS) is 14.4. The number of fused-ring (bicyclic) bond motifs is 1. The van der Waals surface area contributed by atoms with Crippen molar-refractivity contribution >= 4 is 43.9 Å². The molecule has 0 bridgehead atoms. The first kappa shape index (κ1) is 23.3. The summed E-state index contributed by atoms with van der Waals surface area (Å²) >= 11 is 1.39. The van der Waals surface area contributed by atoms with E-state index < -0.39 is 27.9 Å². The van der Waals surface area contributed by atoms with Gasteiger partial charge >= 0.3 is 5.97 Å². The standard InChI is InChI=1S/C22H28N2O5S2/c1-4-17(24(31(3,27)28)15-11-7-6-8-12-15)20(25)23-21-19(22(26)29-5-2)16-13-9-10-14-18(16)30-21/h6-8,11-12,17H,4-5,9-10,13-14H2,1-3H3,(H,23,25)/t17-/m0/s1. The second kappa shape index (κ2) is 9.82. The van der Waals surface area contributed by atoms with E-state index in [9.17, 15) is 18.0 Å². The van der Waals surface area contributed by atoms with Gasteiger partial charge in [0.25, 0.3) is 0 Å². The van der Waals surface area contributed by atoms with Crippen molar-refractivity contribution in [3.05, 3.63) is 46.3 Å². The second-order valence-corrected chi connectivity index (χ2v) is 10.4. The number of esters is 1. The molecule has 0 spiro atoms. The summed E-state index contributed by atoms with van der Waals surface area (Å²) in [7, 11) is -3.72. The minimum atomic E-state index is -3.72. The third-order valence-electron chi connectivity index (χ3n) is 5.23. The highest BCUT2D eigenvalue weighted by atomic mass is 32.2. The summed E-state index contributed by atoms with van der Waals surface area (Å²) in [5.41, 5.74) is 1.78. The summed E-state index contributed by atoms with van der Waals surface area (Å²) < 4.78 is 31.5. The zero-order valence-corrected chi connectivity index (χ0v) is 19.6. The van der Waals surface area contributed by atoms with Crippen LogP contribution in [0.25, 0.3) is 0 Å². The Hall–Kier alpha value is -2.39. The number of sulfonamides is 1. The van der Waals surface area contributed by atoms with Crippen molar-refractivity contribution in [2.75, 3.05) is 22.5 Å². The molecule has 0 saturated heterocycles. The van der Waals surface area contributed by atoms with Crippen molar-refractivity contribution in [3.8, 4) is 0 Å². The van der Waals surface area contributed by atoms with E-state index in [2.05, 4.69) is 5.32 Å². The number of ether oxygens (including phenoxy) is 1. The van der Waals surface area contributed by atoms with Gasteiger partial charge in [-0.2, -0.15) is 0 Å². The van der Waals surface area contributed by atoms with Crippen molar-refractivity contribution in [1.29, 1.82) is 0 Å². The maximum atomic E-state index is 13.3. The molecular formula is C22H28N2O5S2. The van der Waals surface area contributed by atoms with Crippen LogP contribution in [0.3, 0.4) is 0 Å². The van der Waals surface area contributed by atoms with Crippen LogP contribution in [-0.2, 0) is 32.4 Å². The largest absolute Gasteiger partial charge is 0.462 e. The molecule has 1 aromatic carbocycles. The van der Waals surface area contributed by atoms with E-state index in [1.165, 1.54) is 11.3 Å². The Morgan fingerprint density at radius 3 is 2.45 bits per heavy atom. The maximum absolute atomic E-state index is 13.3. The molecule has 1 atom stereocenters. The summed E-state index contributed by atoms with van der Waals surface area (Å²) in [5, 5.41) is 3.29. The van der Waals surface area contributed by atoms with E-state index in [0.29, 0.717) is 16.3 Å². The number of carbonyl (C=O) groups is 2. The summed E-state index contributed by atoms with van der Waals surface area (Å²) in [4.78, 5) is 27.0. The number of benzene rings is 1. The Balaban J connectivity index is 1.97. The van der Waals surface area contributed by atoms with Gasteiger partial charge in [-0.1, -0.05) is 25.1 Å². The van der Waals surface area contributed by atoms with Crippen molar-refractivity contribution < 1.29 is 22.7 Å². The van der Waals surface area contributed by atoms with Crippen molar-refractivity contribution in [1.82, 2.24) is 0 Å². The van der Waals surface area contributed by atoms with Gasteiger partial charge in [0.05, 0.1) is 24.1 Å². The van der Waals surface area contributed by atoms with Gasteiger partial charge < -0.3 is 10.1 Å². The summed E-state index contributed by atoms with van der Waals surface area (Å²) in [5.74, 6) is -0.922. The molecule has 0 saturated carbocycles. The quantitative estimate of drug-likeness (QED) is 0.597. The van der Waals surface area contributed by atoms with Gasteiger partial charge in [0.1, 0.15) is 11.0 Å². The van der Waals surface area contributed by atoms with Gasteiger partial charge in [0.15, 0.2) is 0 Å². The molecule has 3 rings (SSSR count). The lowest BCUT2D eigenvalue weighted by Gasteiger charge is -2.30. The van der Waals surface area contributed by atoms with E-state index >= 15 is 0 Å². The lowest BCUT2D eigenvalue weighted by molar-refractivity contribution is -0.117. The first-order chi connectivity index (χ1) is 14.8. The molecule has 2 aromatic rings. The number of thiophene rings is 1. The number of para-hydroxylation sites is 1. The third-order valence-corrected chi connectivity index (χ3v) is 7.62. The fourth-order valence-electron chi connectivity index (χ4n) is 3.90. The van der Waals surface area contributed by atoms with Gasteiger partial charge in [-0.05, 0) is 56.7 Å². The van der Waals surface area contributed by atoms with Crippen LogP contribution in [0.2, 0.25) is 0 Å². The zero-order valence-electron chi connectivity index (χ0n) is 18.0. The first-order valence-corrected chi connectivity index (χ1v) is 13.1. The number of hydrogen-bond donors (Lipinski definition) is 1. The lowest BCUT2D eigenvalue weighted by Crippen LogP contribution is -2.47. The Morgan fingerprint density at radius 1 is 1.16 bits per heavy atom. The number of aryl methyl sites for hydroxylation is 1. The molecule has 0 fully saturated rings. The molecule has 1 amide bonds. The van der Waals surface area contributed by atoms with Crippen molar-refractivity contribution in [3.63, 3.8) is 0 Å². The van der Waals surface area contributed by atoms with Gasteiger partial charge in [-0.15, -0.1) is 11.3 Å². The molecule has 7 nitrogen and oxygen atoms in total. The van der Waals surface area contributed by atoms with Crippen LogP contribution in [0.15, 0.2) is 30.3 Å². The van der Waals surface area contributed by atoms with Crippen LogP contribution < -0.4 is 9.62 Å². The zero-order chi connectivity index (χ0) is 22.6. The highest BCUT2D eigenvalue weighted by Crippen LogP contribution is 2.39. The molecule has 0 unspecified atom stereocenters. The Kier molecular flexibility index (Phi) is 7.38. The van der Waals surface area contributed by atoms with E-state index in [-0.39, 0.29) is 13.0 Å². The number of nitrogens with zero attached hydrogens (tertiary/aromatic N) is 1. The molecule has 0 aliphatic heterocycles. The Labute approximate surface area is 187 Å². The predicted molar refractivity (Wildman–Crippen MR) is 123 cm³/mol. The van der Waals surface area contributed by atoms with Crippen LogP contribution in [0, 0.1) is 0 Å². The summed E-state index contributed by atoms with van der Waals surface area (Å²) in [6, 6.07) is 7.60. The SMILES string of the molecule is CCOC(=O)c1c(NC(=O)[C@H](CC)N(c2ccccc2)S(C)(=O)=O)sc2c1CCCC2. The average molecular weight is 465 g/mol.